The van der Waals surface area contributed by atoms with E-state index in [1.54, 1.807) is 0 Å². The summed E-state index contributed by atoms with van der Waals surface area (Å²) >= 11 is 0. The minimum Gasteiger partial charge on any atom is -0.334 e. The highest BCUT2D eigenvalue weighted by atomic mass is 15.3. The molecule has 3 rings (SSSR count). The Balaban J connectivity index is 1.70. The third-order valence-electron chi connectivity index (χ3n) is 4.82. The highest BCUT2D eigenvalue weighted by molar-refractivity contribution is 5.83. The van der Waals surface area contributed by atoms with Crippen LogP contribution in [0.15, 0.2) is 77.9 Å². The van der Waals surface area contributed by atoms with Gasteiger partial charge in [0.25, 0.3) is 0 Å². The molecule has 1 heterocycles. The molecule has 2 aromatic rings. The number of nitrogens with two attached hydrogens (primary N) is 1. The Labute approximate surface area is 149 Å². The van der Waals surface area contributed by atoms with Gasteiger partial charge in [-0.2, -0.15) is 0 Å². The molecule has 0 spiro atoms. The summed E-state index contributed by atoms with van der Waals surface area (Å²) in [6, 6.07) is 20.7. The van der Waals surface area contributed by atoms with Crippen LogP contribution >= 0.6 is 0 Å². The molecule has 0 amide bonds. The molecule has 4 N–H and O–H groups in total. The van der Waals surface area contributed by atoms with Gasteiger partial charge < -0.3 is 16.4 Å². The number of nitrogens with one attached hydrogen (secondary N) is 2. The molecule has 1 aliphatic rings. The van der Waals surface area contributed by atoms with Gasteiger partial charge in [0.1, 0.15) is 5.66 Å². The molecule has 130 valence electrons. The zero-order valence-corrected chi connectivity index (χ0v) is 14.8. The monoisotopic (exact) mass is 334 g/mol. The second kappa shape index (κ2) is 7.53. The first-order valence-electron chi connectivity index (χ1n) is 8.74. The van der Waals surface area contributed by atoms with Gasteiger partial charge in [0.15, 0.2) is 5.96 Å². The number of rotatable bonds is 5. The van der Waals surface area contributed by atoms with Crippen LogP contribution in [0, 0.1) is 0 Å². The van der Waals surface area contributed by atoms with Crippen molar-refractivity contribution in [3.8, 4) is 0 Å². The molecular weight excluding hydrogens is 308 g/mol. The number of hydrogen-bond donors (Lipinski definition) is 3. The van der Waals surface area contributed by atoms with Crippen LogP contribution in [0.2, 0.25) is 0 Å². The smallest absolute Gasteiger partial charge is 0.197 e. The molecule has 0 saturated carbocycles. The van der Waals surface area contributed by atoms with E-state index in [4.69, 9.17) is 10.7 Å². The Kier molecular flexibility index (Phi) is 5.19. The maximum Gasteiger partial charge on any atom is 0.197 e. The van der Waals surface area contributed by atoms with E-state index < -0.39 is 5.66 Å². The van der Waals surface area contributed by atoms with E-state index in [0.717, 1.165) is 5.96 Å². The molecule has 25 heavy (non-hydrogen) atoms. The average Bonchev–Trinajstić information content (AvgIpc) is 2.67. The highest BCUT2D eigenvalue weighted by Gasteiger charge is 2.33. The molecule has 1 aliphatic heterocycles. The van der Waals surface area contributed by atoms with Gasteiger partial charge in [-0.05, 0) is 17.2 Å². The van der Waals surface area contributed by atoms with Crippen LogP contribution in [0.1, 0.15) is 36.8 Å². The van der Waals surface area contributed by atoms with Gasteiger partial charge in [-0.1, -0.05) is 74.5 Å². The molecule has 0 radical (unpaired) electrons. The third kappa shape index (κ3) is 4.09. The maximum atomic E-state index is 6.62. The lowest BCUT2D eigenvalue weighted by atomic mass is 9.87. The van der Waals surface area contributed by atoms with Crippen LogP contribution in [0.4, 0.5) is 0 Å². The van der Waals surface area contributed by atoms with E-state index in [1.165, 1.54) is 11.1 Å². The van der Waals surface area contributed by atoms with E-state index in [2.05, 4.69) is 60.9 Å². The fraction of sp³-hybridized carbons (Fsp3) is 0.286. The molecule has 0 bridgehead atoms. The van der Waals surface area contributed by atoms with Crippen molar-refractivity contribution in [2.45, 2.75) is 31.3 Å². The largest absolute Gasteiger partial charge is 0.334 e. The molecule has 3 unspecified atom stereocenters. The standard InChI is InChI=1S/C21H26N4/c1-16(18-9-5-3-6-10-18)15-24-20-23-14-13-21(22,25-20)17(2)19-11-7-4-8-12-19/h3-14,16-17H,15,22H2,1-2H3,(H2,23,24,25). The Hall–Kier alpha value is -2.59. The van der Waals surface area contributed by atoms with E-state index in [9.17, 15) is 0 Å². The van der Waals surface area contributed by atoms with Crippen molar-refractivity contribution in [3.05, 3.63) is 84.1 Å². The molecule has 0 aliphatic carbocycles. The Bertz CT molecular complexity index is 739. The molecule has 0 aromatic heterocycles. The van der Waals surface area contributed by atoms with Gasteiger partial charge in [0.2, 0.25) is 0 Å². The van der Waals surface area contributed by atoms with Gasteiger partial charge in [-0.25, -0.2) is 0 Å². The maximum absolute atomic E-state index is 6.62. The van der Waals surface area contributed by atoms with Crippen LogP contribution < -0.4 is 16.4 Å². The zero-order valence-electron chi connectivity index (χ0n) is 14.8. The number of hydrogen-bond acceptors (Lipinski definition) is 2. The number of benzene rings is 2. The van der Waals surface area contributed by atoms with E-state index in [-0.39, 0.29) is 5.92 Å². The molecule has 4 nitrogen and oxygen atoms in total. The molecular formula is C21H26N4. The van der Waals surface area contributed by atoms with Crippen molar-refractivity contribution in [1.29, 1.82) is 0 Å². The summed E-state index contributed by atoms with van der Waals surface area (Å²) in [7, 11) is 0. The first kappa shape index (κ1) is 17.2. The molecule has 4 heteroatoms. The lowest BCUT2D eigenvalue weighted by molar-refractivity contribution is 0.403. The first-order valence-corrected chi connectivity index (χ1v) is 8.74. The molecule has 0 fully saturated rings. The fourth-order valence-electron chi connectivity index (χ4n) is 3.01. The molecule has 3 atom stereocenters. The Morgan fingerprint density at radius 3 is 2.20 bits per heavy atom. The summed E-state index contributed by atoms with van der Waals surface area (Å²) in [5, 5.41) is 6.53. The predicted octanol–water partition coefficient (Wildman–Crippen LogP) is 3.31. The van der Waals surface area contributed by atoms with E-state index in [1.807, 2.05) is 36.5 Å². The summed E-state index contributed by atoms with van der Waals surface area (Å²) in [5.41, 5.74) is 8.44. The van der Waals surface area contributed by atoms with Crippen LogP contribution in [0.3, 0.4) is 0 Å². The number of aliphatic imine (C=N–C) groups is 1. The van der Waals surface area contributed by atoms with Gasteiger partial charge in [0, 0.05) is 24.6 Å². The molecule has 0 saturated heterocycles. The van der Waals surface area contributed by atoms with E-state index >= 15 is 0 Å². The van der Waals surface area contributed by atoms with Crippen molar-refractivity contribution < 1.29 is 0 Å². The summed E-state index contributed by atoms with van der Waals surface area (Å²) in [6.45, 7) is 5.01. The van der Waals surface area contributed by atoms with Crippen molar-refractivity contribution in [1.82, 2.24) is 10.6 Å². The zero-order chi connectivity index (χ0) is 17.7. The van der Waals surface area contributed by atoms with Gasteiger partial charge >= 0.3 is 0 Å². The minimum absolute atomic E-state index is 0.115. The number of guanidine groups is 1. The van der Waals surface area contributed by atoms with E-state index in [0.29, 0.717) is 12.5 Å². The third-order valence-corrected chi connectivity index (χ3v) is 4.82. The normalized spacial score (nSPS) is 23.6. The van der Waals surface area contributed by atoms with Crippen LogP contribution in [-0.4, -0.2) is 18.2 Å². The Morgan fingerprint density at radius 1 is 0.960 bits per heavy atom. The van der Waals surface area contributed by atoms with Crippen LogP contribution in [0.25, 0.3) is 0 Å². The lowest BCUT2D eigenvalue weighted by Crippen LogP contribution is -2.62. The minimum atomic E-state index is -0.665. The van der Waals surface area contributed by atoms with Crippen molar-refractivity contribution in [3.63, 3.8) is 0 Å². The first-order chi connectivity index (χ1) is 12.1. The van der Waals surface area contributed by atoms with Gasteiger partial charge in [0.05, 0.1) is 0 Å². The Morgan fingerprint density at radius 2 is 1.56 bits per heavy atom. The summed E-state index contributed by atoms with van der Waals surface area (Å²) in [4.78, 5) is 4.69. The van der Waals surface area contributed by atoms with Crippen molar-refractivity contribution >= 4 is 5.96 Å². The lowest BCUT2D eigenvalue weighted by Gasteiger charge is -2.37. The van der Waals surface area contributed by atoms with Crippen molar-refractivity contribution in [2.24, 2.45) is 10.7 Å². The second-order valence-electron chi connectivity index (χ2n) is 6.67. The van der Waals surface area contributed by atoms with Crippen molar-refractivity contribution in [2.75, 3.05) is 6.54 Å². The topological polar surface area (TPSA) is 62.4 Å². The van der Waals surface area contributed by atoms with Crippen LogP contribution in [0.5, 0.6) is 0 Å². The summed E-state index contributed by atoms with van der Waals surface area (Å²) in [5.74, 6) is 1.18. The van der Waals surface area contributed by atoms with Gasteiger partial charge in [-0.15, -0.1) is 0 Å². The SMILES string of the molecule is CC(CN=C1NC=CC(N)(C(C)c2ccccc2)N1)c1ccccc1. The molecule has 2 aromatic carbocycles. The highest BCUT2D eigenvalue weighted by Crippen LogP contribution is 2.26. The predicted molar refractivity (Wildman–Crippen MR) is 104 cm³/mol. The summed E-state index contributed by atoms with van der Waals surface area (Å²) < 4.78 is 0. The quantitative estimate of drug-likeness (QED) is 0.786. The number of nitrogens with zero attached hydrogens (tertiary/aromatic N) is 1. The van der Waals surface area contributed by atoms with Crippen LogP contribution in [-0.2, 0) is 0 Å². The fourth-order valence-corrected chi connectivity index (χ4v) is 3.01. The second-order valence-corrected chi connectivity index (χ2v) is 6.67. The summed E-state index contributed by atoms with van der Waals surface area (Å²) in [6.07, 6.45) is 3.84. The average molecular weight is 334 g/mol. The van der Waals surface area contributed by atoms with Gasteiger partial charge in [-0.3, -0.25) is 4.99 Å².